The molecular formula is C40H49N3O7. The summed E-state index contributed by atoms with van der Waals surface area (Å²) in [5.74, 6) is -3.85. The molecule has 3 aromatic rings. The Kier molecular flexibility index (Phi) is 13.8. The summed E-state index contributed by atoms with van der Waals surface area (Å²) in [6, 6.07) is 20.2. The second-order valence-corrected chi connectivity index (χ2v) is 13.9. The van der Waals surface area contributed by atoms with Crippen LogP contribution >= 0.6 is 0 Å². The predicted molar refractivity (Wildman–Crippen MR) is 191 cm³/mol. The minimum absolute atomic E-state index is 0.00802. The molecule has 266 valence electrons. The maximum absolute atomic E-state index is 14.1. The highest BCUT2D eigenvalue weighted by molar-refractivity contribution is 6.38. The van der Waals surface area contributed by atoms with Crippen LogP contribution in [0.4, 0.5) is 4.79 Å². The summed E-state index contributed by atoms with van der Waals surface area (Å²) in [5.41, 5.74) is 1.64. The van der Waals surface area contributed by atoms with Crippen LogP contribution in [0.25, 0.3) is 10.8 Å². The van der Waals surface area contributed by atoms with E-state index in [9.17, 15) is 28.8 Å². The SMILES string of the molecule is CC(C)C[C@H](CC(=O)[C@H](Cc1cccc2ccccc12)NC(=O)OCc1ccccc1)C(=O)N[C@@H](C[C@@H]1CCCC1=O)C(=O)C(=O)NC(C)C. The number of rotatable bonds is 17. The Morgan fingerprint density at radius 2 is 1.52 bits per heavy atom. The molecule has 0 unspecified atom stereocenters. The number of hydrogen-bond donors (Lipinski definition) is 3. The van der Waals surface area contributed by atoms with Gasteiger partial charge in [0.25, 0.3) is 5.91 Å². The summed E-state index contributed by atoms with van der Waals surface area (Å²) in [5, 5.41) is 10.0. The van der Waals surface area contributed by atoms with Crippen LogP contribution in [0.2, 0.25) is 0 Å². The maximum Gasteiger partial charge on any atom is 0.408 e. The van der Waals surface area contributed by atoms with Gasteiger partial charge in [0.05, 0.1) is 12.1 Å². The number of Topliss-reactive ketones (excluding diaryl/α,β-unsaturated/α-hetero) is 3. The highest BCUT2D eigenvalue weighted by atomic mass is 16.5. The smallest absolute Gasteiger partial charge is 0.408 e. The number of carbonyl (C=O) groups excluding carboxylic acids is 6. The van der Waals surface area contributed by atoms with E-state index in [0.29, 0.717) is 25.7 Å². The topological polar surface area (TPSA) is 148 Å². The molecule has 1 fully saturated rings. The van der Waals surface area contributed by atoms with E-state index in [4.69, 9.17) is 4.74 Å². The maximum atomic E-state index is 14.1. The number of ether oxygens (including phenoxy) is 1. The summed E-state index contributed by atoms with van der Waals surface area (Å²) in [6.45, 7) is 7.32. The van der Waals surface area contributed by atoms with Crippen molar-refractivity contribution in [2.45, 2.75) is 97.4 Å². The first-order valence-electron chi connectivity index (χ1n) is 17.6. The molecule has 1 saturated carbocycles. The van der Waals surface area contributed by atoms with Crippen molar-refractivity contribution < 1.29 is 33.5 Å². The van der Waals surface area contributed by atoms with Crippen LogP contribution in [0.15, 0.2) is 72.8 Å². The van der Waals surface area contributed by atoms with E-state index in [-0.39, 0.29) is 49.4 Å². The molecule has 10 heteroatoms. The van der Waals surface area contributed by atoms with Gasteiger partial charge in [-0.15, -0.1) is 0 Å². The zero-order valence-corrected chi connectivity index (χ0v) is 29.4. The fourth-order valence-electron chi connectivity index (χ4n) is 6.51. The standard InChI is InChI=1S/C40H49N3O7/c1-25(2)20-31(38(47)42-34(22-30-17-11-19-35(30)44)37(46)39(48)41-26(3)4)23-36(45)33(43-40(49)50-24-27-12-6-5-7-13-27)21-29-16-10-15-28-14-8-9-18-32(28)29/h5-10,12-16,18,25-26,30-31,33-34H,11,17,19-24H2,1-4H3,(H,41,48)(H,42,47)(H,43,49)/t30-,31+,33-,34-/m0/s1. The van der Waals surface area contributed by atoms with Crippen molar-refractivity contribution in [3.8, 4) is 0 Å². The number of carbonyl (C=O) groups is 6. The van der Waals surface area contributed by atoms with Gasteiger partial charge < -0.3 is 20.7 Å². The minimum Gasteiger partial charge on any atom is -0.445 e. The molecular weight excluding hydrogens is 634 g/mol. The lowest BCUT2D eigenvalue weighted by Gasteiger charge is -2.26. The van der Waals surface area contributed by atoms with Crippen molar-refractivity contribution in [1.29, 1.82) is 0 Å². The molecule has 0 spiro atoms. The van der Waals surface area contributed by atoms with Crippen LogP contribution < -0.4 is 16.0 Å². The summed E-state index contributed by atoms with van der Waals surface area (Å²) in [4.78, 5) is 79.7. The molecule has 0 aliphatic heterocycles. The lowest BCUT2D eigenvalue weighted by molar-refractivity contribution is -0.141. The average molecular weight is 684 g/mol. The van der Waals surface area contributed by atoms with Crippen molar-refractivity contribution in [2.24, 2.45) is 17.8 Å². The normalized spacial score (nSPS) is 16.1. The van der Waals surface area contributed by atoms with Gasteiger partial charge >= 0.3 is 6.09 Å². The van der Waals surface area contributed by atoms with Crippen molar-refractivity contribution in [3.05, 3.63) is 83.9 Å². The second-order valence-electron chi connectivity index (χ2n) is 13.9. The summed E-state index contributed by atoms with van der Waals surface area (Å²) >= 11 is 0. The number of fused-ring (bicyclic) bond motifs is 1. The van der Waals surface area contributed by atoms with Gasteiger partial charge in [0.15, 0.2) is 5.78 Å². The van der Waals surface area contributed by atoms with Crippen LogP contribution in [0.1, 0.15) is 77.3 Å². The summed E-state index contributed by atoms with van der Waals surface area (Å²) in [7, 11) is 0. The Bertz CT molecular complexity index is 1660. The summed E-state index contributed by atoms with van der Waals surface area (Å²) in [6.07, 6.45) is 1.20. The van der Waals surface area contributed by atoms with E-state index in [0.717, 1.165) is 21.9 Å². The van der Waals surface area contributed by atoms with Crippen molar-refractivity contribution in [1.82, 2.24) is 16.0 Å². The molecule has 4 rings (SSSR count). The Balaban J connectivity index is 1.56. The van der Waals surface area contributed by atoms with Crippen LogP contribution in [0.5, 0.6) is 0 Å². The molecule has 4 atom stereocenters. The van der Waals surface area contributed by atoms with Gasteiger partial charge in [-0.3, -0.25) is 24.0 Å². The molecule has 3 aromatic carbocycles. The first-order chi connectivity index (χ1) is 23.9. The minimum atomic E-state index is -1.21. The molecule has 50 heavy (non-hydrogen) atoms. The van der Waals surface area contributed by atoms with Gasteiger partial charge in [0.2, 0.25) is 11.7 Å². The highest BCUT2D eigenvalue weighted by Crippen LogP contribution is 2.27. The molecule has 1 aliphatic rings. The second kappa shape index (κ2) is 18.2. The molecule has 0 heterocycles. The fraction of sp³-hybridized carbons (Fsp3) is 0.450. The van der Waals surface area contributed by atoms with Crippen molar-refractivity contribution in [3.63, 3.8) is 0 Å². The Morgan fingerprint density at radius 3 is 2.20 bits per heavy atom. The predicted octanol–water partition coefficient (Wildman–Crippen LogP) is 5.64. The number of nitrogens with one attached hydrogen (secondary N) is 3. The largest absolute Gasteiger partial charge is 0.445 e. The summed E-state index contributed by atoms with van der Waals surface area (Å²) < 4.78 is 5.47. The third kappa shape index (κ3) is 11.1. The van der Waals surface area contributed by atoms with Crippen molar-refractivity contribution >= 4 is 46.0 Å². The average Bonchev–Trinajstić information content (AvgIpc) is 3.49. The molecule has 3 amide bonds. The van der Waals surface area contributed by atoms with Gasteiger partial charge in [-0.2, -0.15) is 0 Å². The molecule has 0 aromatic heterocycles. The van der Waals surface area contributed by atoms with Crippen LogP contribution in [-0.2, 0) is 41.7 Å². The number of amides is 3. The van der Waals surface area contributed by atoms with Gasteiger partial charge in [0, 0.05) is 37.1 Å². The number of hydrogen-bond acceptors (Lipinski definition) is 7. The highest BCUT2D eigenvalue weighted by Gasteiger charge is 2.36. The van der Waals surface area contributed by atoms with E-state index in [1.807, 2.05) is 86.6 Å². The molecule has 0 bridgehead atoms. The van der Waals surface area contributed by atoms with Gasteiger partial charge in [-0.1, -0.05) is 86.6 Å². The van der Waals surface area contributed by atoms with Crippen LogP contribution in [-0.4, -0.2) is 53.4 Å². The van der Waals surface area contributed by atoms with Gasteiger partial charge in [0.1, 0.15) is 12.4 Å². The van der Waals surface area contributed by atoms with E-state index < -0.39 is 47.6 Å². The molecule has 10 nitrogen and oxygen atoms in total. The van der Waals surface area contributed by atoms with Crippen molar-refractivity contribution in [2.75, 3.05) is 0 Å². The van der Waals surface area contributed by atoms with E-state index in [2.05, 4.69) is 16.0 Å². The Hall–Kier alpha value is -4.86. The molecule has 3 N–H and O–H groups in total. The zero-order valence-electron chi connectivity index (χ0n) is 29.4. The van der Waals surface area contributed by atoms with E-state index in [1.54, 1.807) is 13.8 Å². The van der Waals surface area contributed by atoms with Crippen LogP contribution in [0.3, 0.4) is 0 Å². The first kappa shape index (κ1) is 38.0. The third-order valence-corrected chi connectivity index (χ3v) is 9.00. The monoisotopic (exact) mass is 683 g/mol. The number of ketones is 3. The van der Waals surface area contributed by atoms with Gasteiger partial charge in [-0.05, 0) is 67.3 Å². The quantitative estimate of drug-likeness (QED) is 0.156. The van der Waals surface area contributed by atoms with E-state index >= 15 is 0 Å². The molecule has 1 aliphatic carbocycles. The third-order valence-electron chi connectivity index (χ3n) is 9.00. The van der Waals surface area contributed by atoms with E-state index in [1.165, 1.54) is 0 Å². The number of alkyl carbamates (subject to hydrolysis) is 1. The lowest BCUT2D eigenvalue weighted by Crippen LogP contribution is -2.51. The Morgan fingerprint density at radius 1 is 0.820 bits per heavy atom. The molecule has 0 saturated heterocycles. The zero-order chi connectivity index (χ0) is 36.2. The fourth-order valence-corrected chi connectivity index (χ4v) is 6.51. The molecule has 0 radical (unpaired) electrons. The number of benzene rings is 3. The Labute approximate surface area is 294 Å². The van der Waals surface area contributed by atoms with Gasteiger partial charge in [-0.25, -0.2) is 4.79 Å². The first-order valence-corrected chi connectivity index (χ1v) is 17.6. The lowest BCUT2D eigenvalue weighted by atomic mass is 9.87. The van der Waals surface area contributed by atoms with Crippen LogP contribution in [0, 0.1) is 17.8 Å².